The first-order chi connectivity index (χ1) is 10.1. The second-order valence-electron chi connectivity index (χ2n) is 4.45. The number of carbonyl (C=O) groups is 1. The molecule has 5 nitrogen and oxygen atoms in total. The number of carbonyl (C=O) groups excluding carboxylic acids is 1. The van der Waals surface area contributed by atoms with Crippen LogP contribution in [0.25, 0.3) is 0 Å². The van der Waals surface area contributed by atoms with Crippen LogP contribution in [0.3, 0.4) is 0 Å². The largest absolute Gasteiger partial charge is 0.493 e. The molecule has 0 bridgehead atoms. The Morgan fingerprint density at radius 1 is 1.29 bits per heavy atom. The highest BCUT2D eigenvalue weighted by Crippen LogP contribution is 2.36. The van der Waals surface area contributed by atoms with Crippen LogP contribution in [0.4, 0.5) is 0 Å². The number of ether oxygens (including phenoxy) is 2. The zero-order valence-corrected chi connectivity index (χ0v) is 14.4. The Hall–Kier alpha value is -1.27. The van der Waals surface area contributed by atoms with Crippen LogP contribution in [-0.2, 0) is 0 Å². The smallest absolute Gasteiger partial charge is 0.251 e. The van der Waals surface area contributed by atoms with Crippen LogP contribution < -0.4 is 20.1 Å². The minimum atomic E-state index is -0.131. The van der Waals surface area contributed by atoms with Crippen LogP contribution in [0.1, 0.15) is 30.6 Å². The predicted octanol–water partition coefficient (Wildman–Crippen LogP) is 2.59. The number of hydrogen-bond acceptors (Lipinski definition) is 4. The molecule has 0 aliphatic rings. The van der Waals surface area contributed by atoms with Gasteiger partial charge in [-0.15, -0.1) is 0 Å². The molecule has 0 unspecified atom stereocenters. The van der Waals surface area contributed by atoms with E-state index in [4.69, 9.17) is 9.47 Å². The predicted molar refractivity (Wildman–Crippen MR) is 87.4 cm³/mol. The molecule has 0 aromatic heterocycles. The van der Waals surface area contributed by atoms with Gasteiger partial charge in [0.2, 0.25) is 0 Å². The lowest BCUT2D eigenvalue weighted by molar-refractivity contribution is 0.0953. The highest BCUT2D eigenvalue weighted by atomic mass is 79.9. The molecule has 0 aliphatic carbocycles. The molecule has 1 aromatic carbocycles. The summed E-state index contributed by atoms with van der Waals surface area (Å²) in [7, 11) is 1.56. The molecule has 1 rings (SSSR count). The van der Waals surface area contributed by atoms with Crippen LogP contribution in [0.15, 0.2) is 16.6 Å². The van der Waals surface area contributed by atoms with Crippen molar-refractivity contribution < 1.29 is 14.3 Å². The SMILES string of the molecule is CCCOc1c(Br)cc(C(=O)NCCNCC)cc1OC. The maximum absolute atomic E-state index is 12.1. The minimum Gasteiger partial charge on any atom is -0.493 e. The molecule has 6 heteroatoms. The van der Waals surface area contributed by atoms with Crippen molar-refractivity contribution in [1.29, 1.82) is 0 Å². The molecule has 1 aromatic rings. The second kappa shape index (κ2) is 9.63. The number of amides is 1. The van der Waals surface area contributed by atoms with Crippen molar-refractivity contribution in [2.24, 2.45) is 0 Å². The van der Waals surface area contributed by atoms with Crippen LogP contribution >= 0.6 is 15.9 Å². The molecule has 0 fully saturated rings. The van der Waals surface area contributed by atoms with Gasteiger partial charge in [-0.05, 0) is 41.0 Å². The summed E-state index contributed by atoms with van der Waals surface area (Å²) in [6.07, 6.45) is 0.905. The Bertz CT molecular complexity index is 466. The molecular weight excluding hydrogens is 336 g/mol. The number of nitrogens with one attached hydrogen (secondary N) is 2. The van der Waals surface area contributed by atoms with E-state index in [9.17, 15) is 4.79 Å². The van der Waals surface area contributed by atoms with Crippen molar-refractivity contribution in [3.8, 4) is 11.5 Å². The van der Waals surface area contributed by atoms with E-state index in [1.165, 1.54) is 0 Å². The van der Waals surface area contributed by atoms with Gasteiger partial charge < -0.3 is 20.1 Å². The molecule has 0 spiro atoms. The van der Waals surface area contributed by atoms with Gasteiger partial charge in [0.1, 0.15) is 0 Å². The summed E-state index contributed by atoms with van der Waals surface area (Å²) in [5, 5.41) is 6.01. The van der Waals surface area contributed by atoms with Crippen molar-refractivity contribution in [1.82, 2.24) is 10.6 Å². The molecule has 1 amide bonds. The van der Waals surface area contributed by atoms with Crippen LogP contribution in [0, 0.1) is 0 Å². The van der Waals surface area contributed by atoms with E-state index >= 15 is 0 Å². The Labute approximate surface area is 134 Å². The van der Waals surface area contributed by atoms with Gasteiger partial charge in [-0.3, -0.25) is 4.79 Å². The summed E-state index contributed by atoms with van der Waals surface area (Å²) in [5.74, 6) is 1.05. The number of methoxy groups -OCH3 is 1. The second-order valence-corrected chi connectivity index (χ2v) is 5.30. The van der Waals surface area contributed by atoms with E-state index in [1.807, 2.05) is 13.8 Å². The number of likely N-dealkylation sites (N-methyl/N-ethyl adjacent to an activating group) is 1. The van der Waals surface area contributed by atoms with Gasteiger partial charge in [-0.25, -0.2) is 0 Å². The van der Waals surface area contributed by atoms with Gasteiger partial charge in [0, 0.05) is 18.7 Å². The van der Waals surface area contributed by atoms with Crippen molar-refractivity contribution >= 4 is 21.8 Å². The molecule has 0 atom stereocenters. The normalized spacial score (nSPS) is 10.3. The van der Waals surface area contributed by atoms with E-state index in [2.05, 4.69) is 26.6 Å². The van der Waals surface area contributed by atoms with E-state index in [-0.39, 0.29) is 5.91 Å². The fraction of sp³-hybridized carbons (Fsp3) is 0.533. The summed E-state index contributed by atoms with van der Waals surface area (Å²) < 4.78 is 11.7. The zero-order valence-electron chi connectivity index (χ0n) is 12.8. The van der Waals surface area contributed by atoms with Gasteiger partial charge in [0.15, 0.2) is 11.5 Å². The van der Waals surface area contributed by atoms with Crippen molar-refractivity contribution in [2.45, 2.75) is 20.3 Å². The molecule has 0 radical (unpaired) electrons. The highest BCUT2D eigenvalue weighted by Gasteiger charge is 2.15. The minimum absolute atomic E-state index is 0.131. The van der Waals surface area contributed by atoms with Gasteiger partial charge in [-0.1, -0.05) is 13.8 Å². The van der Waals surface area contributed by atoms with Gasteiger partial charge in [0.25, 0.3) is 5.91 Å². The van der Waals surface area contributed by atoms with Gasteiger partial charge >= 0.3 is 0 Å². The van der Waals surface area contributed by atoms with Crippen molar-refractivity contribution in [3.63, 3.8) is 0 Å². The van der Waals surface area contributed by atoms with Gasteiger partial charge in [-0.2, -0.15) is 0 Å². The third-order valence-electron chi connectivity index (χ3n) is 2.78. The third-order valence-corrected chi connectivity index (χ3v) is 3.37. The van der Waals surface area contributed by atoms with Crippen LogP contribution in [-0.4, -0.2) is 39.3 Å². The topological polar surface area (TPSA) is 59.6 Å². The standard InChI is InChI=1S/C15H23BrN2O3/c1-4-8-21-14-12(16)9-11(10-13(14)20-3)15(19)18-7-6-17-5-2/h9-10,17H,4-8H2,1-3H3,(H,18,19). The molecule has 118 valence electrons. The molecule has 0 saturated heterocycles. The van der Waals surface area contributed by atoms with Crippen LogP contribution in [0.2, 0.25) is 0 Å². The summed E-state index contributed by atoms with van der Waals surface area (Å²) in [6.45, 7) is 6.88. The fourth-order valence-corrected chi connectivity index (χ4v) is 2.29. The quantitative estimate of drug-likeness (QED) is 0.666. The van der Waals surface area contributed by atoms with E-state index in [0.29, 0.717) is 34.7 Å². The van der Waals surface area contributed by atoms with Crippen molar-refractivity contribution in [3.05, 3.63) is 22.2 Å². The first kappa shape index (κ1) is 17.8. The first-order valence-electron chi connectivity index (χ1n) is 7.13. The molecule has 2 N–H and O–H groups in total. The zero-order chi connectivity index (χ0) is 15.7. The summed E-state index contributed by atoms with van der Waals surface area (Å²) in [4.78, 5) is 12.1. The number of halogens is 1. The average molecular weight is 359 g/mol. The lowest BCUT2D eigenvalue weighted by atomic mass is 10.2. The highest BCUT2D eigenvalue weighted by molar-refractivity contribution is 9.10. The molecule has 0 heterocycles. The lowest BCUT2D eigenvalue weighted by Gasteiger charge is -2.14. The van der Waals surface area contributed by atoms with E-state index < -0.39 is 0 Å². The summed E-state index contributed by atoms with van der Waals surface area (Å²) in [6, 6.07) is 3.44. The molecule has 21 heavy (non-hydrogen) atoms. The van der Waals surface area contributed by atoms with Crippen LogP contribution in [0.5, 0.6) is 11.5 Å². The Morgan fingerprint density at radius 2 is 2.05 bits per heavy atom. The Kier molecular flexibility index (Phi) is 8.15. The molecule has 0 saturated carbocycles. The third kappa shape index (κ3) is 5.55. The maximum atomic E-state index is 12.1. The Balaban J connectivity index is 2.79. The monoisotopic (exact) mass is 358 g/mol. The van der Waals surface area contributed by atoms with E-state index in [0.717, 1.165) is 19.5 Å². The fourth-order valence-electron chi connectivity index (χ4n) is 1.74. The number of benzene rings is 1. The molecule has 0 aliphatic heterocycles. The maximum Gasteiger partial charge on any atom is 0.251 e. The van der Waals surface area contributed by atoms with Gasteiger partial charge in [0.05, 0.1) is 18.2 Å². The first-order valence-corrected chi connectivity index (χ1v) is 7.92. The average Bonchev–Trinajstić information content (AvgIpc) is 2.49. The van der Waals surface area contributed by atoms with E-state index in [1.54, 1.807) is 19.2 Å². The van der Waals surface area contributed by atoms with Crippen molar-refractivity contribution in [2.75, 3.05) is 33.4 Å². The molecular formula is C15H23BrN2O3. The Morgan fingerprint density at radius 3 is 2.67 bits per heavy atom. The summed E-state index contributed by atoms with van der Waals surface area (Å²) >= 11 is 3.43. The number of hydrogen-bond donors (Lipinski definition) is 2. The summed E-state index contributed by atoms with van der Waals surface area (Å²) in [5.41, 5.74) is 0.541. The lowest BCUT2D eigenvalue weighted by Crippen LogP contribution is -2.31. The number of rotatable bonds is 9.